The minimum Gasteiger partial charge on any atom is -0.492 e. The summed E-state index contributed by atoms with van der Waals surface area (Å²) in [5.41, 5.74) is 13.5. The number of rotatable bonds is 4. The predicted octanol–water partition coefficient (Wildman–Crippen LogP) is 1.78. The molecule has 0 unspecified atom stereocenters. The van der Waals surface area contributed by atoms with E-state index in [0.717, 1.165) is 42.8 Å². The second-order valence-electron chi connectivity index (χ2n) is 6.77. The standard InChI is InChI=1S/C18H24N8O/c1-2-27-15-7-6-13(25-11-21-22-12-25)10-14(15)26-17(20)23-16(19)24-18(26)8-4-3-5-9-18/h6-7,10-12H,2-5,8-9H2,1H3,(H4,19,20,23,24). The van der Waals surface area contributed by atoms with E-state index >= 15 is 0 Å². The molecular weight excluding hydrogens is 344 g/mol. The van der Waals surface area contributed by atoms with Gasteiger partial charge in [0.15, 0.2) is 0 Å². The van der Waals surface area contributed by atoms with E-state index in [9.17, 15) is 0 Å². The average molecular weight is 368 g/mol. The molecule has 4 N–H and O–H groups in total. The zero-order valence-electron chi connectivity index (χ0n) is 15.4. The summed E-state index contributed by atoms with van der Waals surface area (Å²) in [6.07, 6.45) is 8.35. The zero-order chi connectivity index (χ0) is 18.9. The van der Waals surface area contributed by atoms with Crippen LogP contribution in [0, 0.1) is 0 Å². The Labute approximate surface area is 157 Å². The molecule has 0 bridgehead atoms. The summed E-state index contributed by atoms with van der Waals surface area (Å²) >= 11 is 0. The van der Waals surface area contributed by atoms with Crippen molar-refractivity contribution in [1.82, 2.24) is 14.8 Å². The molecule has 2 heterocycles. The van der Waals surface area contributed by atoms with Crippen LogP contribution in [0.4, 0.5) is 5.69 Å². The number of nitrogens with zero attached hydrogens (tertiary/aromatic N) is 6. The van der Waals surface area contributed by atoms with E-state index in [1.807, 2.05) is 34.6 Å². The largest absolute Gasteiger partial charge is 0.492 e. The van der Waals surface area contributed by atoms with Gasteiger partial charge >= 0.3 is 0 Å². The van der Waals surface area contributed by atoms with Gasteiger partial charge in [0.1, 0.15) is 24.1 Å². The van der Waals surface area contributed by atoms with Crippen LogP contribution in [0.15, 0.2) is 40.8 Å². The van der Waals surface area contributed by atoms with E-state index in [4.69, 9.17) is 21.2 Å². The highest BCUT2D eigenvalue weighted by Gasteiger charge is 2.43. The van der Waals surface area contributed by atoms with Crippen LogP contribution in [0.5, 0.6) is 5.75 Å². The Morgan fingerprint density at radius 2 is 1.85 bits per heavy atom. The molecule has 2 aliphatic rings. The second kappa shape index (κ2) is 6.90. The molecule has 0 amide bonds. The molecule has 0 saturated heterocycles. The summed E-state index contributed by atoms with van der Waals surface area (Å²) in [5, 5.41) is 7.78. The van der Waals surface area contributed by atoms with Crippen LogP contribution < -0.4 is 21.1 Å². The zero-order valence-corrected chi connectivity index (χ0v) is 15.4. The molecule has 1 fully saturated rings. The van der Waals surface area contributed by atoms with Crippen molar-refractivity contribution >= 4 is 17.6 Å². The Morgan fingerprint density at radius 3 is 2.56 bits per heavy atom. The molecular formula is C18H24N8O. The lowest BCUT2D eigenvalue weighted by atomic mass is 9.87. The van der Waals surface area contributed by atoms with Gasteiger partial charge in [0.05, 0.1) is 18.0 Å². The number of guanidine groups is 2. The fourth-order valence-corrected chi connectivity index (χ4v) is 3.92. The van der Waals surface area contributed by atoms with Gasteiger partial charge in [-0.1, -0.05) is 6.42 Å². The highest BCUT2D eigenvalue weighted by molar-refractivity contribution is 6.06. The lowest BCUT2D eigenvalue weighted by Crippen LogP contribution is -2.58. The first-order valence-electron chi connectivity index (χ1n) is 9.24. The van der Waals surface area contributed by atoms with Crippen molar-refractivity contribution in [3.05, 3.63) is 30.9 Å². The smallest absolute Gasteiger partial charge is 0.220 e. The van der Waals surface area contributed by atoms with Gasteiger partial charge in [-0.15, -0.1) is 10.2 Å². The summed E-state index contributed by atoms with van der Waals surface area (Å²) in [6.45, 7) is 2.50. The molecule has 1 aliphatic heterocycles. The van der Waals surface area contributed by atoms with Gasteiger partial charge < -0.3 is 16.2 Å². The molecule has 9 nitrogen and oxygen atoms in total. The molecule has 1 aromatic heterocycles. The van der Waals surface area contributed by atoms with Crippen LogP contribution in [0.3, 0.4) is 0 Å². The Kier molecular flexibility index (Phi) is 4.43. The van der Waals surface area contributed by atoms with Crippen molar-refractivity contribution in [2.24, 2.45) is 21.5 Å². The number of aliphatic imine (C=N–C) groups is 2. The van der Waals surface area contributed by atoms with E-state index in [1.165, 1.54) is 6.42 Å². The molecule has 9 heteroatoms. The highest BCUT2D eigenvalue weighted by atomic mass is 16.5. The Hall–Kier alpha value is -3.10. The quantitative estimate of drug-likeness (QED) is 0.849. The van der Waals surface area contributed by atoms with E-state index in [1.54, 1.807) is 12.7 Å². The number of anilines is 1. The average Bonchev–Trinajstić information content (AvgIpc) is 3.18. The Bertz CT molecular complexity index is 867. The van der Waals surface area contributed by atoms with Gasteiger partial charge in [-0.2, -0.15) is 4.99 Å². The van der Waals surface area contributed by atoms with Crippen molar-refractivity contribution in [3.63, 3.8) is 0 Å². The van der Waals surface area contributed by atoms with E-state index in [0.29, 0.717) is 12.6 Å². The van der Waals surface area contributed by atoms with Gasteiger partial charge in [-0.3, -0.25) is 9.47 Å². The number of hydrogen-bond donors (Lipinski definition) is 2. The van der Waals surface area contributed by atoms with Crippen LogP contribution in [-0.4, -0.2) is 39.0 Å². The maximum atomic E-state index is 6.37. The van der Waals surface area contributed by atoms with Crippen molar-refractivity contribution < 1.29 is 4.74 Å². The molecule has 27 heavy (non-hydrogen) atoms. The van der Waals surface area contributed by atoms with Crippen LogP contribution >= 0.6 is 0 Å². The van der Waals surface area contributed by atoms with Crippen molar-refractivity contribution in [3.8, 4) is 11.4 Å². The van der Waals surface area contributed by atoms with E-state index in [-0.39, 0.29) is 5.96 Å². The Morgan fingerprint density at radius 1 is 1.11 bits per heavy atom. The number of hydrogen-bond acceptors (Lipinski definition) is 8. The lowest BCUT2D eigenvalue weighted by Gasteiger charge is -2.46. The Balaban J connectivity index is 1.86. The molecule has 0 radical (unpaired) electrons. The van der Waals surface area contributed by atoms with E-state index in [2.05, 4.69) is 15.2 Å². The van der Waals surface area contributed by atoms with Crippen molar-refractivity contribution in [2.75, 3.05) is 11.5 Å². The van der Waals surface area contributed by atoms with E-state index < -0.39 is 5.66 Å². The third-order valence-corrected chi connectivity index (χ3v) is 5.05. The monoisotopic (exact) mass is 368 g/mol. The second-order valence-corrected chi connectivity index (χ2v) is 6.77. The summed E-state index contributed by atoms with van der Waals surface area (Å²) < 4.78 is 7.73. The molecule has 4 rings (SSSR count). The number of ether oxygens (including phenoxy) is 1. The molecule has 142 valence electrons. The molecule has 1 saturated carbocycles. The summed E-state index contributed by atoms with van der Waals surface area (Å²) in [7, 11) is 0. The molecule has 0 atom stereocenters. The van der Waals surface area contributed by atoms with Crippen LogP contribution in [0.25, 0.3) is 5.69 Å². The fourth-order valence-electron chi connectivity index (χ4n) is 3.92. The SMILES string of the molecule is CCOc1ccc(-n2cnnc2)cc1N1C(N)=NC(N)=NC12CCCCC2. The molecule has 2 aromatic rings. The molecule has 1 spiro atoms. The third-order valence-electron chi connectivity index (χ3n) is 5.05. The van der Waals surface area contributed by atoms with Crippen molar-refractivity contribution in [2.45, 2.75) is 44.7 Å². The predicted molar refractivity (Wildman–Crippen MR) is 104 cm³/mol. The van der Waals surface area contributed by atoms with Gasteiger partial charge in [-0.05, 0) is 50.8 Å². The first-order valence-corrected chi connectivity index (χ1v) is 9.24. The fraction of sp³-hybridized carbons (Fsp3) is 0.444. The normalized spacial score (nSPS) is 18.9. The van der Waals surface area contributed by atoms with Crippen LogP contribution in [0.2, 0.25) is 0 Å². The maximum absolute atomic E-state index is 6.37. The van der Waals surface area contributed by atoms with Crippen molar-refractivity contribution in [1.29, 1.82) is 0 Å². The number of aromatic nitrogens is 3. The minimum absolute atomic E-state index is 0.235. The highest BCUT2D eigenvalue weighted by Crippen LogP contribution is 2.43. The van der Waals surface area contributed by atoms with Gasteiger partial charge in [0, 0.05) is 0 Å². The maximum Gasteiger partial charge on any atom is 0.220 e. The first kappa shape index (κ1) is 17.3. The minimum atomic E-state index is -0.522. The third kappa shape index (κ3) is 3.09. The number of benzene rings is 1. The molecule has 1 aromatic carbocycles. The lowest BCUT2D eigenvalue weighted by molar-refractivity contribution is 0.299. The summed E-state index contributed by atoms with van der Waals surface area (Å²) in [6, 6.07) is 5.89. The van der Waals surface area contributed by atoms with Gasteiger partial charge in [-0.25, -0.2) is 4.99 Å². The summed E-state index contributed by atoms with van der Waals surface area (Å²) in [5.74, 6) is 1.30. The topological polar surface area (TPSA) is 120 Å². The van der Waals surface area contributed by atoms with Crippen LogP contribution in [-0.2, 0) is 0 Å². The first-order chi connectivity index (χ1) is 13.1. The van der Waals surface area contributed by atoms with Gasteiger partial charge in [0.2, 0.25) is 11.9 Å². The van der Waals surface area contributed by atoms with Crippen LogP contribution in [0.1, 0.15) is 39.0 Å². The number of nitrogens with two attached hydrogens (primary N) is 2. The molecule has 1 aliphatic carbocycles. The summed E-state index contributed by atoms with van der Waals surface area (Å²) in [4.78, 5) is 11.0. The van der Waals surface area contributed by atoms with Gasteiger partial charge in [0.25, 0.3) is 0 Å².